The van der Waals surface area contributed by atoms with Crippen molar-refractivity contribution in [3.05, 3.63) is 47.3 Å². The first-order chi connectivity index (χ1) is 12.7. The smallest absolute Gasteiger partial charge is 0.242 e. The Balaban J connectivity index is 1.90. The normalized spacial score (nSPS) is 12.6. The van der Waals surface area contributed by atoms with E-state index in [0.717, 1.165) is 17.0 Å². The summed E-state index contributed by atoms with van der Waals surface area (Å²) in [6.45, 7) is 5.10. The van der Waals surface area contributed by atoms with Crippen LogP contribution in [-0.2, 0) is 23.1 Å². The highest BCUT2D eigenvalue weighted by atomic mass is 32.2. The quantitative estimate of drug-likeness (QED) is 0.551. The lowest BCUT2D eigenvalue weighted by atomic mass is 10.1. The first-order valence-electron chi connectivity index (χ1n) is 8.65. The minimum atomic E-state index is -3.41. The van der Waals surface area contributed by atoms with Crippen molar-refractivity contribution >= 4 is 16.0 Å². The third-order valence-electron chi connectivity index (χ3n) is 3.98. The summed E-state index contributed by atoms with van der Waals surface area (Å²) in [5.41, 5.74) is 1.86. The van der Waals surface area contributed by atoms with E-state index in [0.29, 0.717) is 25.0 Å². The number of aliphatic imine (C=N–C) groups is 1. The van der Waals surface area contributed by atoms with Crippen molar-refractivity contribution in [2.24, 2.45) is 4.99 Å². The van der Waals surface area contributed by atoms with Gasteiger partial charge in [0, 0.05) is 33.8 Å². The van der Waals surface area contributed by atoms with Gasteiger partial charge in [0.25, 0.3) is 0 Å². The highest BCUT2D eigenvalue weighted by Gasteiger charge is 2.16. The number of guanidine groups is 1. The summed E-state index contributed by atoms with van der Waals surface area (Å²) in [6.07, 6.45) is 0. The van der Waals surface area contributed by atoms with Crippen molar-refractivity contribution < 1.29 is 12.9 Å². The number of sulfonamides is 1. The zero-order valence-electron chi connectivity index (χ0n) is 16.4. The molecule has 0 bridgehead atoms. The largest absolute Gasteiger partial charge is 0.359 e. The van der Waals surface area contributed by atoms with E-state index in [1.54, 1.807) is 31.3 Å². The Hall–Kier alpha value is -2.39. The molecule has 9 heteroatoms. The predicted molar refractivity (Wildman–Crippen MR) is 105 cm³/mol. The zero-order chi connectivity index (χ0) is 20.0. The van der Waals surface area contributed by atoms with E-state index < -0.39 is 10.0 Å². The number of nitrogens with zero attached hydrogens (tertiary/aromatic N) is 3. The lowest BCUT2D eigenvalue weighted by molar-refractivity contribution is 0.372. The van der Waals surface area contributed by atoms with Crippen molar-refractivity contribution in [3.8, 4) is 0 Å². The van der Waals surface area contributed by atoms with Crippen molar-refractivity contribution in [2.75, 3.05) is 21.1 Å². The number of nitrogens with one attached hydrogen (secondary N) is 2. The van der Waals surface area contributed by atoms with E-state index in [1.807, 2.05) is 6.07 Å². The van der Waals surface area contributed by atoms with Gasteiger partial charge >= 0.3 is 0 Å². The predicted octanol–water partition coefficient (Wildman–Crippen LogP) is 1.91. The van der Waals surface area contributed by atoms with Crippen LogP contribution in [0.15, 0.2) is 44.7 Å². The van der Waals surface area contributed by atoms with Gasteiger partial charge in [0.15, 0.2) is 11.7 Å². The molecule has 0 saturated carbocycles. The second kappa shape index (κ2) is 9.01. The summed E-state index contributed by atoms with van der Waals surface area (Å²) in [4.78, 5) is 4.44. The van der Waals surface area contributed by atoms with Crippen LogP contribution in [0.25, 0.3) is 0 Å². The number of rotatable bonds is 7. The van der Waals surface area contributed by atoms with E-state index in [1.165, 1.54) is 18.4 Å². The number of hydrogen-bond acceptors (Lipinski definition) is 5. The second-order valence-electron chi connectivity index (χ2n) is 6.58. The second-order valence-corrected chi connectivity index (χ2v) is 8.74. The Morgan fingerprint density at radius 3 is 2.33 bits per heavy atom. The third-order valence-corrected chi connectivity index (χ3v) is 5.81. The standard InChI is InChI=1S/C18H27N5O3S/c1-13(2)17-10-15(26-22-17)12-21-18(19-3)20-11-14-6-8-16(9-7-14)27(24,25)23(4)5/h6-10,13H,11-12H2,1-5H3,(H2,19,20,21). The van der Waals surface area contributed by atoms with Crippen LogP contribution in [-0.4, -0.2) is 45.0 Å². The Labute approximate surface area is 160 Å². The summed E-state index contributed by atoms with van der Waals surface area (Å²) < 4.78 is 30.7. The van der Waals surface area contributed by atoms with Gasteiger partial charge in [-0.3, -0.25) is 4.99 Å². The molecule has 2 rings (SSSR count). The van der Waals surface area contributed by atoms with Crippen LogP contribution in [0.3, 0.4) is 0 Å². The van der Waals surface area contributed by atoms with Gasteiger partial charge in [0.2, 0.25) is 10.0 Å². The van der Waals surface area contributed by atoms with Crippen LogP contribution >= 0.6 is 0 Å². The fraction of sp³-hybridized carbons (Fsp3) is 0.444. The maximum atomic E-state index is 12.1. The van der Waals surface area contributed by atoms with Gasteiger partial charge in [-0.2, -0.15) is 0 Å². The monoisotopic (exact) mass is 393 g/mol. The van der Waals surface area contributed by atoms with Gasteiger partial charge in [-0.25, -0.2) is 12.7 Å². The molecule has 0 aliphatic heterocycles. The Kier molecular flexibility index (Phi) is 6.98. The molecule has 0 saturated heterocycles. The molecule has 8 nitrogen and oxygen atoms in total. The molecule has 0 aliphatic carbocycles. The highest BCUT2D eigenvalue weighted by Crippen LogP contribution is 2.14. The minimum absolute atomic E-state index is 0.269. The van der Waals surface area contributed by atoms with Crippen LogP contribution in [0.1, 0.15) is 36.8 Å². The molecule has 0 spiro atoms. The van der Waals surface area contributed by atoms with Gasteiger partial charge in [0.05, 0.1) is 17.1 Å². The van der Waals surface area contributed by atoms with Crippen LogP contribution in [0, 0.1) is 0 Å². The topological polar surface area (TPSA) is 99.8 Å². The fourth-order valence-electron chi connectivity index (χ4n) is 2.25. The molecule has 0 radical (unpaired) electrons. The average molecular weight is 394 g/mol. The summed E-state index contributed by atoms with van der Waals surface area (Å²) in [5, 5.41) is 10.4. The highest BCUT2D eigenvalue weighted by molar-refractivity contribution is 7.89. The van der Waals surface area contributed by atoms with E-state index >= 15 is 0 Å². The van der Waals surface area contributed by atoms with Crippen molar-refractivity contribution in [1.29, 1.82) is 0 Å². The molecule has 27 heavy (non-hydrogen) atoms. The molecule has 2 aromatic rings. The van der Waals surface area contributed by atoms with E-state index in [9.17, 15) is 8.42 Å². The number of benzene rings is 1. The van der Waals surface area contributed by atoms with Crippen LogP contribution in [0.5, 0.6) is 0 Å². The first kappa shape index (κ1) is 20.9. The van der Waals surface area contributed by atoms with E-state index in [2.05, 4.69) is 34.6 Å². The van der Waals surface area contributed by atoms with E-state index in [-0.39, 0.29) is 4.90 Å². The molecule has 2 N–H and O–H groups in total. The van der Waals surface area contributed by atoms with Gasteiger partial charge < -0.3 is 15.2 Å². The molecule has 0 amide bonds. The fourth-order valence-corrected chi connectivity index (χ4v) is 3.15. The Morgan fingerprint density at radius 2 is 1.81 bits per heavy atom. The molecule has 0 unspecified atom stereocenters. The summed E-state index contributed by atoms with van der Waals surface area (Å²) in [5.74, 6) is 1.67. The maximum Gasteiger partial charge on any atom is 0.242 e. The molecule has 1 heterocycles. The van der Waals surface area contributed by atoms with Crippen LogP contribution in [0.4, 0.5) is 0 Å². The van der Waals surface area contributed by atoms with Crippen molar-refractivity contribution in [3.63, 3.8) is 0 Å². The van der Waals surface area contributed by atoms with Crippen LogP contribution < -0.4 is 10.6 Å². The summed E-state index contributed by atoms with van der Waals surface area (Å²) in [7, 11) is 1.30. The van der Waals surface area contributed by atoms with Crippen molar-refractivity contribution in [1.82, 2.24) is 20.1 Å². The maximum absolute atomic E-state index is 12.1. The lowest BCUT2D eigenvalue weighted by Gasteiger charge is -2.13. The summed E-state index contributed by atoms with van der Waals surface area (Å²) in [6, 6.07) is 8.69. The van der Waals surface area contributed by atoms with Crippen molar-refractivity contribution in [2.45, 2.75) is 37.8 Å². The Morgan fingerprint density at radius 1 is 1.19 bits per heavy atom. The van der Waals surface area contributed by atoms with Gasteiger partial charge in [0.1, 0.15) is 0 Å². The number of aromatic nitrogens is 1. The average Bonchev–Trinajstić information content (AvgIpc) is 3.11. The SMILES string of the molecule is CN=C(NCc1ccc(S(=O)(=O)N(C)C)cc1)NCc1cc(C(C)C)no1. The molecule has 1 aromatic heterocycles. The minimum Gasteiger partial charge on any atom is -0.359 e. The zero-order valence-corrected chi connectivity index (χ0v) is 17.2. The lowest BCUT2D eigenvalue weighted by Crippen LogP contribution is -2.36. The van der Waals surface area contributed by atoms with E-state index in [4.69, 9.17) is 4.52 Å². The Bertz CT molecular complexity index is 871. The summed E-state index contributed by atoms with van der Waals surface area (Å²) >= 11 is 0. The van der Waals surface area contributed by atoms with Gasteiger partial charge in [-0.05, 0) is 23.6 Å². The molecular formula is C18H27N5O3S. The molecule has 0 aliphatic rings. The van der Waals surface area contributed by atoms with Gasteiger partial charge in [-0.1, -0.05) is 31.1 Å². The molecule has 0 fully saturated rings. The molecule has 148 valence electrons. The molecule has 1 aromatic carbocycles. The molecule has 0 atom stereocenters. The molecular weight excluding hydrogens is 366 g/mol. The number of hydrogen-bond donors (Lipinski definition) is 2. The third kappa shape index (κ3) is 5.54. The van der Waals surface area contributed by atoms with Crippen LogP contribution in [0.2, 0.25) is 0 Å². The van der Waals surface area contributed by atoms with Gasteiger partial charge in [-0.15, -0.1) is 0 Å². The first-order valence-corrected chi connectivity index (χ1v) is 10.1.